The molecule has 0 aromatic rings. The predicted molar refractivity (Wildman–Crippen MR) is 43.0 cm³/mol. The van der Waals surface area contributed by atoms with Crippen molar-refractivity contribution in [3.63, 3.8) is 0 Å². The summed E-state index contributed by atoms with van der Waals surface area (Å²) < 4.78 is 10.7. The standard InChI is InChI=1S/C8H15NO3/c1-9-2-7(10)3-12-8(4-9)5-11-6-8/h7,10H,2-6H2,1H3. The molecule has 2 rings (SSSR count). The van der Waals surface area contributed by atoms with Gasteiger partial charge in [-0.25, -0.2) is 0 Å². The first-order valence-electron chi connectivity index (χ1n) is 4.29. The van der Waals surface area contributed by atoms with Crippen molar-refractivity contribution in [2.75, 3.05) is 40.0 Å². The largest absolute Gasteiger partial charge is 0.389 e. The molecule has 70 valence electrons. The number of aliphatic hydroxyl groups excluding tert-OH is 1. The van der Waals surface area contributed by atoms with Crippen molar-refractivity contribution in [1.29, 1.82) is 0 Å². The van der Waals surface area contributed by atoms with Crippen molar-refractivity contribution in [3.8, 4) is 0 Å². The van der Waals surface area contributed by atoms with Gasteiger partial charge >= 0.3 is 0 Å². The third-order valence-corrected chi connectivity index (χ3v) is 2.39. The Hall–Kier alpha value is -0.160. The SMILES string of the molecule is CN1CC(O)COC2(COC2)C1. The van der Waals surface area contributed by atoms with Crippen LogP contribution in [0.5, 0.6) is 0 Å². The molecule has 2 aliphatic rings. The molecule has 0 aromatic carbocycles. The Kier molecular flexibility index (Phi) is 2.08. The van der Waals surface area contributed by atoms with Crippen LogP contribution in [0, 0.1) is 0 Å². The number of likely N-dealkylation sites (N-methyl/N-ethyl adjacent to an activating group) is 1. The van der Waals surface area contributed by atoms with Gasteiger partial charge in [-0.3, -0.25) is 0 Å². The van der Waals surface area contributed by atoms with Gasteiger partial charge in [-0.05, 0) is 7.05 Å². The number of hydrogen-bond acceptors (Lipinski definition) is 4. The van der Waals surface area contributed by atoms with Crippen LogP contribution in [0.4, 0.5) is 0 Å². The van der Waals surface area contributed by atoms with Gasteiger partial charge in [-0.15, -0.1) is 0 Å². The molecule has 0 radical (unpaired) electrons. The second-order valence-electron chi connectivity index (χ2n) is 3.84. The highest BCUT2D eigenvalue weighted by molar-refractivity contribution is 4.92. The molecule has 4 nitrogen and oxygen atoms in total. The first kappa shape index (κ1) is 8.44. The Labute approximate surface area is 72.1 Å². The lowest BCUT2D eigenvalue weighted by molar-refractivity contribution is -0.212. The third kappa shape index (κ3) is 1.47. The molecule has 0 saturated carbocycles. The Morgan fingerprint density at radius 2 is 2.25 bits per heavy atom. The van der Waals surface area contributed by atoms with E-state index in [-0.39, 0.29) is 11.7 Å². The molecule has 1 unspecified atom stereocenters. The molecule has 0 amide bonds. The van der Waals surface area contributed by atoms with E-state index in [9.17, 15) is 5.11 Å². The highest BCUT2D eigenvalue weighted by Crippen LogP contribution is 2.25. The number of hydrogen-bond donors (Lipinski definition) is 1. The van der Waals surface area contributed by atoms with E-state index in [0.29, 0.717) is 26.4 Å². The van der Waals surface area contributed by atoms with E-state index in [1.165, 1.54) is 0 Å². The first-order chi connectivity index (χ1) is 5.70. The molecule has 0 aliphatic carbocycles. The molecule has 2 saturated heterocycles. The average Bonchev–Trinajstić information content (AvgIpc) is 2.07. The smallest absolute Gasteiger partial charge is 0.127 e. The summed E-state index contributed by atoms with van der Waals surface area (Å²) >= 11 is 0. The number of β-amino-alcohol motifs (C(OH)–C–C–N with tert-alkyl or cyclic N) is 1. The van der Waals surface area contributed by atoms with Crippen LogP contribution < -0.4 is 0 Å². The highest BCUT2D eigenvalue weighted by Gasteiger charge is 2.42. The summed E-state index contributed by atoms with van der Waals surface area (Å²) in [6, 6.07) is 0. The van der Waals surface area contributed by atoms with Crippen LogP contribution in [0.1, 0.15) is 0 Å². The van der Waals surface area contributed by atoms with Crippen molar-refractivity contribution in [3.05, 3.63) is 0 Å². The fourth-order valence-electron chi connectivity index (χ4n) is 1.79. The summed E-state index contributed by atoms with van der Waals surface area (Å²) in [6.07, 6.45) is -0.352. The van der Waals surface area contributed by atoms with E-state index >= 15 is 0 Å². The number of rotatable bonds is 0. The van der Waals surface area contributed by atoms with E-state index in [1.807, 2.05) is 7.05 Å². The van der Waals surface area contributed by atoms with E-state index < -0.39 is 0 Å². The highest BCUT2D eigenvalue weighted by atomic mass is 16.6. The van der Waals surface area contributed by atoms with Gasteiger partial charge in [0.05, 0.1) is 25.9 Å². The van der Waals surface area contributed by atoms with Crippen LogP contribution in [0.15, 0.2) is 0 Å². The zero-order valence-electron chi connectivity index (χ0n) is 7.32. The molecule has 0 aromatic heterocycles. The van der Waals surface area contributed by atoms with E-state index in [0.717, 1.165) is 6.54 Å². The molecule has 1 atom stereocenters. The van der Waals surface area contributed by atoms with E-state index in [2.05, 4.69) is 4.90 Å². The molecule has 2 aliphatic heterocycles. The first-order valence-corrected chi connectivity index (χ1v) is 4.29. The molecule has 1 spiro atoms. The average molecular weight is 173 g/mol. The van der Waals surface area contributed by atoms with Crippen LogP contribution >= 0.6 is 0 Å². The maximum absolute atomic E-state index is 9.40. The quantitative estimate of drug-likeness (QED) is 0.514. The van der Waals surface area contributed by atoms with Crippen molar-refractivity contribution in [2.24, 2.45) is 0 Å². The third-order valence-electron chi connectivity index (χ3n) is 2.39. The molecular formula is C8H15NO3. The summed E-state index contributed by atoms with van der Waals surface area (Å²) in [5.41, 5.74) is -0.119. The van der Waals surface area contributed by atoms with Crippen LogP contribution in [0.25, 0.3) is 0 Å². The van der Waals surface area contributed by atoms with Crippen LogP contribution in [0.3, 0.4) is 0 Å². The van der Waals surface area contributed by atoms with E-state index in [1.54, 1.807) is 0 Å². The van der Waals surface area contributed by atoms with Crippen LogP contribution in [0.2, 0.25) is 0 Å². The van der Waals surface area contributed by atoms with Crippen molar-refractivity contribution in [2.45, 2.75) is 11.7 Å². The van der Waals surface area contributed by atoms with Crippen molar-refractivity contribution >= 4 is 0 Å². The van der Waals surface area contributed by atoms with Gasteiger partial charge in [0.25, 0.3) is 0 Å². The lowest BCUT2D eigenvalue weighted by Crippen LogP contribution is -2.57. The summed E-state index contributed by atoms with van der Waals surface area (Å²) in [5, 5.41) is 9.40. The fourth-order valence-corrected chi connectivity index (χ4v) is 1.79. The number of aliphatic hydroxyl groups is 1. The zero-order chi connectivity index (χ0) is 8.60. The molecule has 4 heteroatoms. The zero-order valence-corrected chi connectivity index (χ0v) is 7.32. The van der Waals surface area contributed by atoms with Gasteiger partial charge in [0.2, 0.25) is 0 Å². The van der Waals surface area contributed by atoms with Crippen LogP contribution in [-0.2, 0) is 9.47 Å². The Morgan fingerprint density at radius 1 is 1.50 bits per heavy atom. The molecular weight excluding hydrogens is 158 g/mol. The Balaban J connectivity index is 1.99. The molecule has 0 bridgehead atoms. The second-order valence-corrected chi connectivity index (χ2v) is 3.84. The minimum Gasteiger partial charge on any atom is -0.389 e. The van der Waals surface area contributed by atoms with Gasteiger partial charge < -0.3 is 19.5 Å². The monoisotopic (exact) mass is 173 g/mol. The van der Waals surface area contributed by atoms with Gasteiger partial charge in [-0.1, -0.05) is 0 Å². The van der Waals surface area contributed by atoms with Gasteiger partial charge in [-0.2, -0.15) is 0 Å². The normalized spacial score (nSPS) is 36.0. The van der Waals surface area contributed by atoms with Crippen molar-refractivity contribution < 1.29 is 14.6 Å². The Bertz CT molecular complexity index is 170. The Morgan fingerprint density at radius 3 is 2.83 bits per heavy atom. The lowest BCUT2D eigenvalue weighted by Gasteiger charge is -2.41. The number of ether oxygens (including phenoxy) is 2. The summed E-state index contributed by atoms with van der Waals surface area (Å²) in [7, 11) is 2.00. The fraction of sp³-hybridized carbons (Fsp3) is 1.00. The van der Waals surface area contributed by atoms with Gasteiger partial charge in [0.1, 0.15) is 5.60 Å². The minimum absolute atomic E-state index is 0.119. The number of nitrogens with zero attached hydrogens (tertiary/aromatic N) is 1. The molecule has 12 heavy (non-hydrogen) atoms. The predicted octanol–water partition coefficient (Wildman–Crippen LogP) is -0.922. The van der Waals surface area contributed by atoms with Crippen LogP contribution in [-0.4, -0.2) is 61.7 Å². The van der Waals surface area contributed by atoms with Gasteiger partial charge in [0, 0.05) is 13.1 Å². The minimum atomic E-state index is -0.352. The summed E-state index contributed by atoms with van der Waals surface area (Å²) in [6.45, 7) is 3.34. The lowest BCUT2D eigenvalue weighted by atomic mass is 10.0. The summed E-state index contributed by atoms with van der Waals surface area (Å²) in [4.78, 5) is 2.10. The maximum Gasteiger partial charge on any atom is 0.127 e. The molecule has 2 fully saturated rings. The van der Waals surface area contributed by atoms with Crippen molar-refractivity contribution in [1.82, 2.24) is 4.90 Å². The van der Waals surface area contributed by atoms with Gasteiger partial charge in [0.15, 0.2) is 0 Å². The van der Waals surface area contributed by atoms with E-state index in [4.69, 9.17) is 9.47 Å². The second kappa shape index (κ2) is 2.96. The topological polar surface area (TPSA) is 41.9 Å². The molecule has 1 N–H and O–H groups in total. The maximum atomic E-state index is 9.40. The summed E-state index contributed by atoms with van der Waals surface area (Å²) in [5.74, 6) is 0. The molecule has 2 heterocycles.